The number of aromatic nitrogens is 5. The molecule has 8 heteroatoms. The first kappa shape index (κ1) is 16.6. The van der Waals surface area contributed by atoms with Gasteiger partial charge < -0.3 is 9.88 Å². The van der Waals surface area contributed by atoms with Crippen LogP contribution in [0.4, 0.5) is 10.2 Å². The van der Waals surface area contributed by atoms with Gasteiger partial charge in [-0.1, -0.05) is 12.1 Å². The van der Waals surface area contributed by atoms with E-state index < -0.39 is 0 Å². The molecule has 3 aromatic heterocycles. The maximum absolute atomic E-state index is 13.9. The summed E-state index contributed by atoms with van der Waals surface area (Å²) in [7, 11) is 1.68. The number of anilines is 1. The summed E-state index contributed by atoms with van der Waals surface area (Å²) in [4.78, 5) is 25.4. The highest BCUT2D eigenvalue weighted by molar-refractivity contribution is 5.88. The minimum Gasteiger partial charge on any atom is -0.365 e. The van der Waals surface area contributed by atoms with Crippen LogP contribution in [0.15, 0.2) is 53.7 Å². The Bertz CT molecular complexity index is 1260. The SMILES string of the molecule is Cn1cc(-n2c(-c3cccc(F)c3)nc3c(NC4CC4)ncnc32)ccc1=O. The number of benzene rings is 1. The van der Waals surface area contributed by atoms with Crippen LogP contribution in [0.1, 0.15) is 12.8 Å². The molecule has 4 aromatic rings. The van der Waals surface area contributed by atoms with Crippen LogP contribution < -0.4 is 10.9 Å². The molecule has 1 N–H and O–H groups in total. The molecule has 1 aromatic carbocycles. The molecule has 0 atom stereocenters. The van der Waals surface area contributed by atoms with Gasteiger partial charge >= 0.3 is 0 Å². The van der Waals surface area contributed by atoms with Gasteiger partial charge in [-0.2, -0.15) is 0 Å². The average molecular weight is 376 g/mol. The van der Waals surface area contributed by atoms with Gasteiger partial charge in [-0.25, -0.2) is 19.3 Å². The van der Waals surface area contributed by atoms with Crippen molar-refractivity contribution < 1.29 is 4.39 Å². The van der Waals surface area contributed by atoms with Gasteiger partial charge in [0.15, 0.2) is 17.0 Å². The fourth-order valence-corrected chi connectivity index (χ4v) is 3.20. The Morgan fingerprint density at radius 1 is 1.18 bits per heavy atom. The van der Waals surface area contributed by atoms with Crippen molar-refractivity contribution in [2.75, 3.05) is 5.32 Å². The molecular weight excluding hydrogens is 359 g/mol. The van der Waals surface area contributed by atoms with Gasteiger partial charge in [0.25, 0.3) is 0 Å². The molecule has 7 nitrogen and oxygen atoms in total. The van der Waals surface area contributed by atoms with Crippen molar-refractivity contribution >= 4 is 17.0 Å². The number of hydrogen-bond donors (Lipinski definition) is 1. The highest BCUT2D eigenvalue weighted by atomic mass is 19.1. The number of halogens is 1. The smallest absolute Gasteiger partial charge is 0.250 e. The average Bonchev–Trinajstić information content (AvgIpc) is 3.41. The summed E-state index contributed by atoms with van der Waals surface area (Å²) in [5, 5.41) is 3.38. The van der Waals surface area contributed by atoms with Gasteiger partial charge in [-0.3, -0.25) is 9.36 Å². The van der Waals surface area contributed by atoms with E-state index in [0.717, 1.165) is 12.8 Å². The summed E-state index contributed by atoms with van der Waals surface area (Å²) in [6, 6.07) is 9.86. The maximum atomic E-state index is 13.9. The molecule has 0 aliphatic heterocycles. The van der Waals surface area contributed by atoms with Crippen molar-refractivity contribution in [2.24, 2.45) is 7.05 Å². The molecule has 0 saturated heterocycles. The lowest BCUT2D eigenvalue weighted by Crippen LogP contribution is -2.15. The van der Waals surface area contributed by atoms with Crippen LogP contribution in [-0.2, 0) is 7.05 Å². The summed E-state index contributed by atoms with van der Waals surface area (Å²) in [5.41, 5.74) is 2.41. The molecule has 1 fully saturated rings. The second kappa shape index (κ2) is 6.26. The van der Waals surface area contributed by atoms with E-state index in [1.165, 1.54) is 29.1 Å². The third kappa shape index (κ3) is 2.83. The van der Waals surface area contributed by atoms with Crippen LogP contribution >= 0.6 is 0 Å². The predicted molar refractivity (Wildman–Crippen MR) is 104 cm³/mol. The normalized spacial score (nSPS) is 13.8. The van der Waals surface area contributed by atoms with E-state index in [4.69, 9.17) is 4.98 Å². The van der Waals surface area contributed by atoms with Crippen LogP contribution in [-0.4, -0.2) is 30.1 Å². The molecule has 140 valence electrons. The lowest BCUT2D eigenvalue weighted by molar-refractivity contribution is 0.628. The van der Waals surface area contributed by atoms with E-state index in [-0.39, 0.29) is 11.4 Å². The van der Waals surface area contributed by atoms with Crippen molar-refractivity contribution in [1.82, 2.24) is 24.1 Å². The lowest BCUT2D eigenvalue weighted by Gasteiger charge is -2.10. The van der Waals surface area contributed by atoms with Gasteiger partial charge in [0.2, 0.25) is 5.56 Å². The highest BCUT2D eigenvalue weighted by Crippen LogP contribution is 2.32. The van der Waals surface area contributed by atoms with Crippen LogP contribution in [0.3, 0.4) is 0 Å². The third-order valence-electron chi connectivity index (χ3n) is 4.77. The van der Waals surface area contributed by atoms with Crippen molar-refractivity contribution in [2.45, 2.75) is 18.9 Å². The monoisotopic (exact) mass is 376 g/mol. The van der Waals surface area contributed by atoms with E-state index >= 15 is 0 Å². The van der Waals surface area contributed by atoms with E-state index in [1.807, 2.05) is 4.57 Å². The zero-order valence-corrected chi connectivity index (χ0v) is 15.1. The summed E-state index contributed by atoms with van der Waals surface area (Å²) in [5.74, 6) is 0.847. The minimum atomic E-state index is -0.348. The molecule has 0 spiro atoms. The summed E-state index contributed by atoms with van der Waals surface area (Å²) in [6.07, 6.45) is 5.40. The Kier molecular flexibility index (Phi) is 3.71. The van der Waals surface area contributed by atoms with Crippen molar-refractivity contribution in [1.29, 1.82) is 0 Å². The van der Waals surface area contributed by atoms with Crippen molar-refractivity contribution in [3.8, 4) is 17.1 Å². The zero-order valence-electron chi connectivity index (χ0n) is 15.1. The minimum absolute atomic E-state index is 0.119. The summed E-state index contributed by atoms with van der Waals surface area (Å²) < 4.78 is 17.2. The molecule has 0 bridgehead atoms. The van der Waals surface area contributed by atoms with Crippen LogP contribution in [0.5, 0.6) is 0 Å². The van der Waals surface area contributed by atoms with Gasteiger partial charge in [0.1, 0.15) is 18.0 Å². The van der Waals surface area contributed by atoms with Crippen LogP contribution in [0.2, 0.25) is 0 Å². The number of fused-ring (bicyclic) bond motifs is 1. The molecule has 0 amide bonds. The van der Waals surface area contributed by atoms with Gasteiger partial charge in [0.05, 0.1) is 5.69 Å². The number of pyridine rings is 1. The molecular formula is C20H17FN6O. The van der Waals surface area contributed by atoms with E-state index in [9.17, 15) is 9.18 Å². The molecule has 3 heterocycles. The quantitative estimate of drug-likeness (QED) is 0.593. The fraction of sp³-hybridized carbons (Fsp3) is 0.200. The van der Waals surface area contributed by atoms with E-state index in [1.54, 1.807) is 31.4 Å². The molecule has 28 heavy (non-hydrogen) atoms. The second-order valence-corrected chi connectivity index (χ2v) is 6.93. The predicted octanol–water partition coefficient (Wildman–Crippen LogP) is 2.89. The Labute approximate surface area is 159 Å². The largest absolute Gasteiger partial charge is 0.365 e. The Balaban J connectivity index is 1.80. The zero-order chi connectivity index (χ0) is 19.3. The third-order valence-corrected chi connectivity index (χ3v) is 4.77. The number of hydrogen-bond acceptors (Lipinski definition) is 5. The summed E-state index contributed by atoms with van der Waals surface area (Å²) in [6.45, 7) is 0. The number of imidazole rings is 1. The maximum Gasteiger partial charge on any atom is 0.250 e. The van der Waals surface area contributed by atoms with Crippen LogP contribution in [0.25, 0.3) is 28.2 Å². The van der Waals surface area contributed by atoms with Gasteiger partial charge in [0, 0.05) is 30.9 Å². The van der Waals surface area contributed by atoms with Gasteiger partial charge in [-0.15, -0.1) is 0 Å². The number of nitrogens with one attached hydrogen (secondary N) is 1. The highest BCUT2D eigenvalue weighted by Gasteiger charge is 2.25. The molecule has 1 aliphatic carbocycles. The summed E-state index contributed by atoms with van der Waals surface area (Å²) >= 11 is 0. The fourth-order valence-electron chi connectivity index (χ4n) is 3.20. The van der Waals surface area contributed by atoms with Crippen molar-refractivity contribution in [3.63, 3.8) is 0 Å². The first-order chi connectivity index (χ1) is 13.6. The number of nitrogens with zero attached hydrogens (tertiary/aromatic N) is 5. The first-order valence-corrected chi connectivity index (χ1v) is 9.03. The topological polar surface area (TPSA) is 77.6 Å². The molecule has 1 aliphatic rings. The standard InChI is InChI=1S/C20H17FN6O/c1-26-10-15(7-8-16(26)28)27-19(12-3-2-4-13(21)9-12)25-17-18(24-14-5-6-14)22-11-23-20(17)27/h2-4,7-11,14H,5-6H2,1H3,(H,22,23,24). The molecule has 0 unspecified atom stereocenters. The number of aryl methyl sites for hydroxylation is 1. The first-order valence-electron chi connectivity index (χ1n) is 9.03. The Hall–Kier alpha value is -3.55. The Morgan fingerprint density at radius 2 is 2.04 bits per heavy atom. The van der Waals surface area contributed by atoms with Gasteiger partial charge in [-0.05, 0) is 31.0 Å². The second-order valence-electron chi connectivity index (χ2n) is 6.93. The lowest BCUT2D eigenvalue weighted by atomic mass is 10.2. The van der Waals surface area contributed by atoms with E-state index in [2.05, 4.69) is 15.3 Å². The van der Waals surface area contributed by atoms with E-state index in [0.29, 0.717) is 40.1 Å². The van der Waals surface area contributed by atoms with Crippen molar-refractivity contribution in [3.05, 3.63) is 65.1 Å². The van der Waals surface area contributed by atoms with Crippen LogP contribution in [0, 0.1) is 5.82 Å². The molecule has 0 radical (unpaired) electrons. The number of rotatable bonds is 4. The molecule has 5 rings (SSSR count). The molecule has 1 saturated carbocycles. The Morgan fingerprint density at radius 3 is 2.79 bits per heavy atom.